The fourth-order valence-corrected chi connectivity index (χ4v) is 3.21. The average Bonchev–Trinajstić information content (AvgIpc) is 2.44. The molecule has 0 heterocycles. The summed E-state index contributed by atoms with van der Waals surface area (Å²) in [6.45, 7) is 29.8. The van der Waals surface area contributed by atoms with Crippen molar-refractivity contribution in [1.82, 2.24) is 9.80 Å². The molecule has 162 valence electrons. The molecule has 0 unspecified atom stereocenters. The molecular weight excluding hydrogens is 340 g/mol. The first-order valence-electron chi connectivity index (χ1n) is 10.8. The van der Waals surface area contributed by atoms with E-state index in [2.05, 4.69) is 119 Å². The Morgan fingerprint density at radius 1 is 0.536 bits per heavy atom. The van der Waals surface area contributed by atoms with Gasteiger partial charge in [-0.2, -0.15) is 0 Å². The van der Waals surface area contributed by atoms with Crippen LogP contribution in [0.15, 0.2) is 12.1 Å². The van der Waals surface area contributed by atoms with E-state index in [1.165, 1.54) is 22.3 Å². The molecule has 0 aliphatic rings. The van der Waals surface area contributed by atoms with Crippen LogP contribution in [0, 0.1) is 0 Å². The van der Waals surface area contributed by atoms with Crippen LogP contribution in [0.2, 0.25) is 0 Å². The van der Waals surface area contributed by atoms with E-state index in [1.54, 1.807) is 0 Å². The summed E-state index contributed by atoms with van der Waals surface area (Å²) in [5.41, 5.74) is 6.46. The van der Waals surface area contributed by atoms with Crippen LogP contribution in [0.3, 0.4) is 0 Å². The van der Waals surface area contributed by atoms with Crippen molar-refractivity contribution < 1.29 is 0 Å². The molecule has 1 aromatic carbocycles. The summed E-state index contributed by atoms with van der Waals surface area (Å²) >= 11 is 0. The third kappa shape index (κ3) is 6.59. The fourth-order valence-electron chi connectivity index (χ4n) is 3.21. The number of nitrogens with zero attached hydrogens (tertiary/aromatic N) is 2. The Kier molecular flexibility index (Phi) is 7.29. The SMILES string of the molecule is CN(Cc1cc(C(C)(C)C)c(C(C)(C)C)cc1CN(C)C(C)(C)C)C(C)(C)C. The van der Waals surface area contributed by atoms with Crippen molar-refractivity contribution in [3.05, 3.63) is 34.4 Å². The molecule has 0 atom stereocenters. The summed E-state index contributed by atoms with van der Waals surface area (Å²) in [7, 11) is 4.48. The van der Waals surface area contributed by atoms with Gasteiger partial charge in [-0.3, -0.25) is 9.80 Å². The van der Waals surface area contributed by atoms with Crippen LogP contribution in [-0.2, 0) is 23.9 Å². The Hall–Kier alpha value is -0.860. The number of hydrogen-bond acceptors (Lipinski definition) is 2. The van der Waals surface area contributed by atoms with Gasteiger partial charge in [0.1, 0.15) is 0 Å². The molecule has 0 fully saturated rings. The summed E-state index contributed by atoms with van der Waals surface area (Å²) in [6, 6.07) is 5.02. The van der Waals surface area contributed by atoms with Crippen molar-refractivity contribution in [3.8, 4) is 0 Å². The number of hydrogen-bond donors (Lipinski definition) is 0. The molecular formula is C26H48N2. The minimum absolute atomic E-state index is 0.131. The average molecular weight is 389 g/mol. The third-order valence-electron chi connectivity index (χ3n) is 6.06. The van der Waals surface area contributed by atoms with Gasteiger partial charge in [0.15, 0.2) is 0 Å². The molecule has 1 aromatic rings. The normalized spacial score (nSPS) is 14.3. The zero-order chi connectivity index (χ0) is 22.3. The molecule has 1 rings (SSSR count). The Bertz CT molecular complexity index is 599. The summed E-state index contributed by atoms with van der Waals surface area (Å²) in [5, 5.41) is 0. The highest BCUT2D eigenvalue weighted by atomic mass is 15.2. The summed E-state index contributed by atoms with van der Waals surface area (Å²) in [5.74, 6) is 0. The first kappa shape index (κ1) is 25.2. The van der Waals surface area contributed by atoms with Gasteiger partial charge in [-0.25, -0.2) is 0 Å². The zero-order valence-corrected chi connectivity index (χ0v) is 21.5. The van der Waals surface area contributed by atoms with Gasteiger partial charge in [-0.05, 0) is 88.7 Å². The van der Waals surface area contributed by atoms with E-state index < -0.39 is 0 Å². The maximum absolute atomic E-state index is 2.51. The van der Waals surface area contributed by atoms with Gasteiger partial charge in [0.2, 0.25) is 0 Å². The van der Waals surface area contributed by atoms with Crippen molar-refractivity contribution in [2.24, 2.45) is 0 Å². The Morgan fingerprint density at radius 3 is 0.964 bits per heavy atom. The van der Waals surface area contributed by atoms with Gasteiger partial charge in [-0.1, -0.05) is 53.7 Å². The van der Waals surface area contributed by atoms with Crippen molar-refractivity contribution in [2.45, 2.75) is 118 Å². The molecule has 0 bridgehead atoms. The molecule has 0 aromatic heterocycles. The topological polar surface area (TPSA) is 6.48 Å². The van der Waals surface area contributed by atoms with E-state index in [1.807, 2.05) is 0 Å². The predicted molar refractivity (Wildman–Crippen MR) is 126 cm³/mol. The van der Waals surface area contributed by atoms with Crippen molar-refractivity contribution >= 4 is 0 Å². The molecule has 0 saturated heterocycles. The Morgan fingerprint density at radius 2 is 0.786 bits per heavy atom. The van der Waals surface area contributed by atoms with Crippen LogP contribution in [0.5, 0.6) is 0 Å². The standard InChI is InChI=1S/C26H48N2/c1-23(2,3)21-15-19(17-27(13)25(7,8)9)20(16-22(21)24(4,5)6)18-28(14)26(10,11)12/h15-16H,17-18H2,1-14H3. The van der Waals surface area contributed by atoms with E-state index in [9.17, 15) is 0 Å². The largest absolute Gasteiger partial charge is 0.297 e. The van der Waals surface area contributed by atoms with Gasteiger partial charge in [-0.15, -0.1) is 0 Å². The highest BCUT2D eigenvalue weighted by Crippen LogP contribution is 2.37. The lowest BCUT2D eigenvalue weighted by molar-refractivity contribution is 0.157. The minimum atomic E-state index is 0.131. The molecule has 0 amide bonds. The van der Waals surface area contributed by atoms with Gasteiger partial charge >= 0.3 is 0 Å². The van der Waals surface area contributed by atoms with Crippen molar-refractivity contribution in [2.75, 3.05) is 14.1 Å². The molecule has 0 aliphatic heterocycles. The fraction of sp³-hybridized carbons (Fsp3) is 0.769. The van der Waals surface area contributed by atoms with E-state index in [0.29, 0.717) is 0 Å². The van der Waals surface area contributed by atoms with Crippen molar-refractivity contribution in [1.29, 1.82) is 0 Å². The second-order valence-corrected chi connectivity index (χ2v) is 12.7. The van der Waals surface area contributed by atoms with Crippen LogP contribution in [0.1, 0.15) is 105 Å². The van der Waals surface area contributed by atoms with Crippen LogP contribution >= 0.6 is 0 Å². The lowest BCUT2D eigenvalue weighted by Gasteiger charge is -2.37. The lowest BCUT2D eigenvalue weighted by Crippen LogP contribution is -2.39. The van der Waals surface area contributed by atoms with E-state index >= 15 is 0 Å². The van der Waals surface area contributed by atoms with Gasteiger partial charge in [0.05, 0.1) is 0 Å². The number of benzene rings is 1. The Labute approximate surface area is 176 Å². The molecule has 28 heavy (non-hydrogen) atoms. The second-order valence-electron chi connectivity index (χ2n) is 12.7. The molecule has 0 radical (unpaired) electrons. The number of rotatable bonds is 4. The van der Waals surface area contributed by atoms with Crippen LogP contribution < -0.4 is 0 Å². The molecule has 0 N–H and O–H groups in total. The monoisotopic (exact) mass is 388 g/mol. The summed E-state index contributed by atoms with van der Waals surface area (Å²) < 4.78 is 0. The molecule has 2 heteroatoms. The Balaban J connectivity index is 3.64. The van der Waals surface area contributed by atoms with E-state index in [-0.39, 0.29) is 21.9 Å². The first-order chi connectivity index (χ1) is 12.2. The van der Waals surface area contributed by atoms with Crippen LogP contribution in [0.4, 0.5) is 0 Å². The van der Waals surface area contributed by atoms with Crippen LogP contribution in [-0.4, -0.2) is 35.0 Å². The maximum Gasteiger partial charge on any atom is 0.0239 e. The molecule has 2 nitrogen and oxygen atoms in total. The van der Waals surface area contributed by atoms with Gasteiger partial charge in [0.25, 0.3) is 0 Å². The lowest BCUT2D eigenvalue weighted by atomic mass is 9.73. The summed E-state index contributed by atoms with van der Waals surface area (Å²) in [6.07, 6.45) is 0. The maximum atomic E-state index is 2.51. The summed E-state index contributed by atoms with van der Waals surface area (Å²) in [4.78, 5) is 4.93. The van der Waals surface area contributed by atoms with Crippen LogP contribution in [0.25, 0.3) is 0 Å². The highest BCUT2D eigenvalue weighted by Gasteiger charge is 2.29. The molecule has 0 aliphatic carbocycles. The van der Waals surface area contributed by atoms with E-state index in [0.717, 1.165) is 13.1 Å². The van der Waals surface area contributed by atoms with Gasteiger partial charge < -0.3 is 0 Å². The zero-order valence-electron chi connectivity index (χ0n) is 21.5. The smallest absolute Gasteiger partial charge is 0.0239 e. The highest BCUT2D eigenvalue weighted by molar-refractivity contribution is 5.45. The van der Waals surface area contributed by atoms with Crippen molar-refractivity contribution in [3.63, 3.8) is 0 Å². The second kappa shape index (κ2) is 8.11. The molecule has 0 spiro atoms. The first-order valence-corrected chi connectivity index (χ1v) is 10.8. The predicted octanol–water partition coefficient (Wildman–Crippen LogP) is 6.74. The van der Waals surface area contributed by atoms with Gasteiger partial charge in [0, 0.05) is 24.2 Å². The minimum Gasteiger partial charge on any atom is -0.297 e. The quantitative estimate of drug-likeness (QED) is 0.563. The third-order valence-corrected chi connectivity index (χ3v) is 6.06. The van der Waals surface area contributed by atoms with E-state index in [4.69, 9.17) is 0 Å². The molecule has 0 saturated carbocycles.